The molecular formula is C24H28N2O6. The Morgan fingerprint density at radius 3 is 2.44 bits per heavy atom. The number of ether oxygens (including phenoxy) is 2. The van der Waals surface area contributed by atoms with Gasteiger partial charge in [0.25, 0.3) is 11.7 Å². The summed E-state index contributed by atoms with van der Waals surface area (Å²) in [5.74, 6) is -1.34. The second-order valence-electron chi connectivity index (χ2n) is 7.77. The molecule has 1 atom stereocenters. The molecule has 170 valence electrons. The summed E-state index contributed by atoms with van der Waals surface area (Å²) in [5, 5.41) is 21.5. The van der Waals surface area contributed by atoms with Crippen molar-refractivity contribution >= 4 is 17.4 Å². The lowest BCUT2D eigenvalue weighted by atomic mass is 9.94. The molecule has 0 aliphatic carbocycles. The molecule has 1 unspecified atom stereocenters. The van der Waals surface area contributed by atoms with E-state index in [9.17, 15) is 19.8 Å². The van der Waals surface area contributed by atoms with Gasteiger partial charge >= 0.3 is 0 Å². The number of aliphatic hydroxyl groups excluding tert-OH is 1. The standard InChI is InChI=1S/C24H28N2O6/c1-25(2)12-7-13-26-21(17-8-5-6-9-19(17)32-4)20(23(29)24(26)30)22(28)16-11-10-15(31-3)14-18(16)27/h5-6,8-11,14,21,27-28H,7,12-13H2,1-4H3. The number of hydrogen-bond donors (Lipinski definition) is 2. The molecule has 2 aromatic carbocycles. The van der Waals surface area contributed by atoms with Crippen molar-refractivity contribution in [2.75, 3.05) is 41.4 Å². The molecule has 1 fully saturated rings. The van der Waals surface area contributed by atoms with Crippen molar-refractivity contribution in [3.05, 3.63) is 59.2 Å². The minimum atomic E-state index is -0.852. The zero-order valence-corrected chi connectivity index (χ0v) is 18.7. The second kappa shape index (κ2) is 9.74. The van der Waals surface area contributed by atoms with Crippen molar-refractivity contribution in [3.8, 4) is 17.2 Å². The van der Waals surface area contributed by atoms with Gasteiger partial charge in [-0.25, -0.2) is 0 Å². The van der Waals surface area contributed by atoms with Crippen LogP contribution in [0.15, 0.2) is 48.0 Å². The monoisotopic (exact) mass is 440 g/mol. The van der Waals surface area contributed by atoms with E-state index in [-0.39, 0.29) is 16.9 Å². The van der Waals surface area contributed by atoms with Crippen LogP contribution in [-0.4, -0.2) is 73.1 Å². The predicted octanol–water partition coefficient (Wildman–Crippen LogP) is 2.78. The molecule has 0 bridgehead atoms. The number of carbonyl (C=O) groups excluding carboxylic acids is 2. The number of hydrogen-bond acceptors (Lipinski definition) is 7. The number of methoxy groups -OCH3 is 2. The van der Waals surface area contributed by atoms with Crippen LogP contribution >= 0.6 is 0 Å². The molecule has 3 rings (SSSR count). The number of aliphatic hydroxyl groups is 1. The van der Waals surface area contributed by atoms with E-state index < -0.39 is 23.5 Å². The Balaban J connectivity index is 2.16. The Morgan fingerprint density at radius 2 is 1.81 bits per heavy atom. The van der Waals surface area contributed by atoms with Gasteiger partial charge in [-0.1, -0.05) is 18.2 Å². The summed E-state index contributed by atoms with van der Waals surface area (Å²) in [6.07, 6.45) is 0.638. The zero-order chi connectivity index (χ0) is 23.4. The maximum absolute atomic E-state index is 13.1. The number of rotatable bonds is 8. The number of likely N-dealkylation sites (tertiary alicyclic amines) is 1. The molecule has 0 aromatic heterocycles. The Labute approximate surface area is 187 Å². The van der Waals surface area contributed by atoms with Crippen LogP contribution in [0.2, 0.25) is 0 Å². The summed E-state index contributed by atoms with van der Waals surface area (Å²) >= 11 is 0. The van der Waals surface area contributed by atoms with Crippen molar-refractivity contribution in [1.29, 1.82) is 0 Å². The van der Waals surface area contributed by atoms with Gasteiger partial charge in [0.2, 0.25) is 0 Å². The largest absolute Gasteiger partial charge is 0.507 e. The smallest absolute Gasteiger partial charge is 0.295 e. The summed E-state index contributed by atoms with van der Waals surface area (Å²) in [7, 11) is 6.82. The van der Waals surface area contributed by atoms with E-state index in [2.05, 4.69) is 0 Å². The minimum Gasteiger partial charge on any atom is -0.507 e. The predicted molar refractivity (Wildman–Crippen MR) is 120 cm³/mol. The molecule has 8 nitrogen and oxygen atoms in total. The SMILES string of the molecule is COc1ccc(C(O)=C2C(=O)C(=O)N(CCCN(C)C)C2c2ccccc2OC)c(O)c1. The van der Waals surface area contributed by atoms with Crippen LogP contribution in [0.4, 0.5) is 0 Å². The maximum atomic E-state index is 13.1. The molecule has 2 N–H and O–H groups in total. The molecular weight excluding hydrogens is 412 g/mol. The van der Waals surface area contributed by atoms with Gasteiger partial charge in [0, 0.05) is 18.2 Å². The van der Waals surface area contributed by atoms with E-state index in [1.54, 1.807) is 30.3 Å². The van der Waals surface area contributed by atoms with E-state index in [0.29, 0.717) is 30.0 Å². The van der Waals surface area contributed by atoms with Gasteiger partial charge in [-0.3, -0.25) is 9.59 Å². The van der Waals surface area contributed by atoms with Gasteiger partial charge in [0.05, 0.1) is 31.4 Å². The maximum Gasteiger partial charge on any atom is 0.295 e. The first-order valence-electron chi connectivity index (χ1n) is 10.2. The lowest BCUT2D eigenvalue weighted by molar-refractivity contribution is -0.140. The highest BCUT2D eigenvalue weighted by Gasteiger charge is 2.47. The van der Waals surface area contributed by atoms with Crippen molar-refractivity contribution in [2.45, 2.75) is 12.5 Å². The topological polar surface area (TPSA) is 99.5 Å². The van der Waals surface area contributed by atoms with Gasteiger partial charge in [-0.2, -0.15) is 0 Å². The van der Waals surface area contributed by atoms with E-state index >= 15 is 0 Å². The van der Waals surface area contributed by atoms with E-state index in [0.717, 1.165) is 6.54 Å². The lowest BCUT2D eigenvalue weighted by Crippen LogP contribution is -2.32. The number of amides is 1. The number of nitrogens with zero attached hydrogens (tertiary/aromatic N) is 2. The van der Waals surface area contributed by atoms with E-state index in [4.69, 9.17) is 9.47 Å². The van der Waals surface area contributed by atoms with Crippen LogP contribution < -0.4 is 9.47 Å². The summed E-state index contributed by atoms with van der Waals surface area (Å²) in [6.45, 7) is 1.04. The zero-order valence-electron chi connectivity index (χ0n) is 18.7. The Hall–Kier alpha value is -3.52. The van der Waals surface area contributed by atoms with Crippen LogP contribution in [0, 0.1) is 0 Å². The number of benzene rings is 2. The fourth-order valence-corrected chi connectivity index (χ4v) is 3.87. The van der Waals surface area contributed by atoms with Crippen molar-refractivity contribution in [1.82, 2.24) is 9.80 Å². The molecule has 1 aliphatic rings. The van der Waals surface area contributed by atoms with Crippen LogP contribution in [-0.2, 0) is 9.59 Å². The molecule has 1 aliphatic heterocycles. The van der Waals surface area contributed by atoms with Crippen LogP contribution in [0.3, 0.4) is 0 Å². The average molecular weight is 440 g/mol. The first-order chi connectivity index (χ1) is 15.3. The van der Waals surface area contributed by atoms with Gasteiger partial charge in [0.1, 0.15) is 23.0 Å². The highest BCUT2D eigenvalue weighted by atomic mass is 16.5. The Kier molecular flexibility index (Phi) is 7.05. The summed E-state index contributed by atoms with van der Waals surface area (Å²) in [4.78, 5) is 29.5. The summed E-state index contributed by atoms with van der Waals surface area (Å²) in [6, 6.07) is 10.5. The Bertz CT molecular complexity index is 1050. The quantitative estimate of drug-likeness (QED) is 0.370. The number of Topliss-reactive ketones (excluding diaryl/α,β-unsaturated/α-hetero) is 1. The lowest BCUT2D eigenvalue weighted by Gasteiger charge is -2.27. The molecule has 0 spiro atoms. The molecule has 2 aromatic rings. The number of phenolic OH excluding ortho intramolecular Hbond substituents is 1. The van der Waals surface area contributed by atoms with Gasteiger partial charge in [-0.05, 0) is 45.3 Å². The van der Waals surface area contributed by atoms with Crippen molar-refractivity contribution in [2.24, 2.45) is 0 Å². The molecule has 8 heteroatoms. The van der Waals surface area contributed by atoms with Crippen LogP contribution in [0.5, 0.6) is 17.2 Å². The van der Waals surface area contributed by atoms with Crippen molar-refractivity contribution < 1.29 is 29.3 Å². The Morgan fingerprint density at radius 1 is 1.09 bits per heavy atom. The molecule has 1 heterocycles. The average Bonchev–Trinajstić information content (AvgIpc) is 3.03. The first kappa shape index (κ1) is 23.1. The summed E-state index contributed by atoms with van der Waals surface area (Å²) < 4.78 is 10.6. The fourth-order valence-electron chi connectivity index (χ4n) is 3.87. The van der Waals surface area contributed by atoms with Gasteiger partial charge < -0.3 is 29.5 Å². The molecule has 0 radical (unpaired) electrons. The van der Waals surface area contributed by atoms with Crippen LogP contribution in [0.1, 0.15) is 23.6 Å². The normalized spacial score (nSPS) is 17.8. The number of para-hydroxylation sites is 1. The molecule has 1 amide bonds. The third-order valence-electron chi connectivity index (χ3n) is 5.44. The highest BCUT2D eigenvalue weighted by Crippen LogP contribution is 2.43. The van der Waals surface area contributed by atoms with Gasteiger partial charge in [-0.15, -0.1) is 0 Å². The van der Waals surface area contributed by atoms with Crippen LogP contribution in [0.25, 0.3) is 5.76 Å². The molecule has 32 heavy (non-hydrogen) atoms. The number of phenols is 1. The first-order valence-corrected chi connectivity index (χ1v) is 10.2. The second-order valence-corrected chi connectivity index (χ2v) is 7.77. The third-order valence-corrected chi connectivity index (χ3v) is 5.44. The molecule has 1 saturated heterocycles. The van der Waals surface area contributed by atoms with Crippen molar-refractivity contribution in [3.63, 3.8) is 0 Å². The third kappa shape index (κ3) is 4.40. The van der Waals surface area contributed by atoms with Gasteiger partial charge in [0.15, 0.2) is 0 Å². The number of aromatic hydroxyl groups is 1. The number of ketones is 1. The van der Waals surface area contributed by atoms with E-state index in [1.807, 2.05) is 19.0 Å². The fraction of sp³-hybridized carbons (Fsp3) is 0.333. The highest BCUT2D eigenvalue weighted by molar-refractivity contribution is 6.46. The summed E-state index contributed by atoms with van der Waals surface area (Å²) in [5.41, 5.74) is 0.524. The van der Waals surface area contributed by atoms with E-state index in [1.165, 1.54) is 31.3 Å². The minimum absolute atomic E-state index is 0.0389. The molecule has 0 saturated carbocycles. The number of carbonyl (C=O) groups is 2.